The first-order valence-corrected chi connectivity index (χ1v) is 3.81. The molecule has 0 aromatic rings. The molecule has 0 saturated heterocycles. The van der Waals surface area contributed by atoms with Crippen molar-refractivity contribution in [2.24, 2.45) is 0 Å². The summed E-state index contributed by atoms with van der Waals surface area (Å²) < 4.78 is 0. The summed E-state index contributed by atoms with van der Waals surface area (Å²) in [4.78, 5) is 4.90. The molecule has 0 aromatic carbocycles. The summed E-state index contributed by atoms with van der Waals surface area (Å²) in [6, 6.07) is 0. The first kappa shape index (κ1) is 9.88. The van der Waals surface area contributed by atoms with Crippen LogP contribution in [0.15, 0.2) is 0 Å². The lowest BCUT2D eigenvalue weighted by molar-refractivity contribution is 0.0548. The van der Waals surface area contributed by atoms with Crippen LogP contribution in [0.1, 0.15) is 25.7 Å². The normalized spacial score (nSPS) is 10.2. The molecule has 2 N–H and O–H groups in total. The predicted octanol–water partition coefficient (Wildman–Crippen LogP) is 0.690. The van der Waals surface area contributed by atoms with Gasteiger partial charge in [-0.2, -0.15) is 0 Å². The molecule has 10 heavy (non-hydrogen) atoms. The number of unbranched alkanes of at least 4 members (excludes halogenated alkanes) is 3. The molecule has 0 amide bonds. The fraction of sp³-hybridized carbons (Fsp3) is 1.00. The third kappa shape index (κ3) is 7.88. The molecule has 0 saturated carbocycles. The van der Waals surface area contributed by atoms with Crippen molar-refractivity contribution in [2.45, 2.75) is 25.7 Å². The minimum Gasteiger partial charge on any atom is -0.396 e. The summed E-state index contributed by atoms with van der Waals surface area (Å²) in [5, 5.41) is 8.43. The van der Waals surface area contributed by atoms with Crippen LogP contribution >= 0.6 is 0 Å². The number of hydrogen-bond acceptors (Lipinski definition) is 3. The topological polar surface area (TPSA) is 41.5 Å². The number of aliphatic hydroxyl groups is 1. The van der Waals surface area contributed by atoms with Crippen LogP contribution in [0.2, 0.25) is 0 Å². The average Bonchev–Trinajstić information content (AvgIpc) is 1.97. The van der Waals surface area contributed by atoms with Gasteiger partial charge in [0.25, 0.3) is 0 Å². The van der Waals surface area contributed by atoms with Crippen molar-refractivity contribution in [3.63, 3.8) is 0 Å². The number of hydroxylamine groups is 1. The lowest BCUT2D eigenvalue weighted by Gasteiger charge is -1.99. The van der Waals surface area contributed by atoms with Gasteiger partial charge < -0.3 is 9.94 Å². The summed E-state index contributed by atoms with van der Waals surface area (Å²) >= 11 is 0. The maximum atomic E-state index is 8.43. The van der Waals surface area contributed by atoms with Crippen molar-refractivity contribution in [2.75, 3.05) is 20.3 Å². The Morgan fingerprint density at radius 2 is 1.90 bits per heavy atom. The van der Waals surface area contributed by atoms with Crippen molar-refractivity contribution in [1.29, 1.82) is 0 Å². The van der Waals surface area contributed by atoms with Crippen molar-refractivity contribution in [3.05, 3.63) is 0 Å². The van der Waals surface area contributed by atoms with Gasteiger partial charge in [-0.05, 0) is 12.8 Å². The summed E-state index contributed by atoms with van der Waals surface area (Å²) in [5.74, 6) is 0. The van der Waals surface area contributed by atoms with E-state index in [0.717, 1.165) is 32.3 Å². The highest BCUT2D eigenvalue weighted by atomic mass is 16.6. The van der Waals surface area contributed by atoms with E-state index in [0.29, 0.717) is 6.61 Å². The van der Waals surface area contributed by atoms with E-state index in [1.165, 1.54) is 0 Å². The Balaban J connectivity index is 2.65. The fourth-order valence-corrected chi connectivity index (χ4v) is 0.742. The zero-order valence-electron chi connectivity index (χ0n) is 6.60. The molecule has 0 rings (SSSR count). The molecule has 3 heteroatoms. The quantitative estimate of drug-likeness (QED) is 0.411. The van der Waals surface area contributed by atoms with E-state index >= 15 is 0 Å². The van der Waals surface area contributed by atoms with E-state index in [4.69, 9.17) is 9.94 Å². The smallest absolute Gasteiger partial charge is 0.0682 e. The Bertz CT molecular complexity index is 51.6. The molecule has 0 heterocycles. The summed E-state index contributed by atoms with van der Waals surface area (Å²) in [6.45, 7) is 1.08. The van der Waals surface area contributed by atoms with E-state index in [1.807, 2.05) is 0 Å². The van der Waals surface area contributed by atoms with Gasteiger partial charge in [-0.1, -0.05) is 12.8 Å². The second kappa shape index (κ2) is 8.88. The Hall–Kier alpha value is -0.120. The zero-order valence-corrected chi connectivity index (χ0v) is 6.60. The van der Waals surface area contributed by atoms with Crippen LogP contribution in [-0.2, 0) is 4.84 Å². The van der Waals surface area contributed by atoms with Crippen LogP contribution in [0.3, 0.4) is 0 Å². The number of rotatable bonds is 7. The lowest BCUT2D eigenvalue weighted by Crippen LogP contribution is -2.08. The molecule has 0 aliphatic heterocycles. The van der Waals surface area contributed by atoms with Crippen LogP contribution in [0.25, 0.3) is 0 Å². The van der Waals surface area contributed by atoms with Gasteiger partial charge in [-0.3, -0.25) is 0 Å². The predicted molar refractivity (Wildman–Crippen MR) is 40.6 cm³/mol. The van der Waals surface area contributed by atoms with Crippen molar-refractivity contribution >= 4 is 0 Å². The fourth-order valence-electron chi connectivity index (χ4n) is 0.742. The third-order valence-electron chi connectivity index (χ3n) is 1.30. The highest BCUT2D eigenvalue weighted by molar-refractivity contribution is 4.40. The van der Waals surface area contributed by atoms with E-state index < -0.39 is 0 Å². The van der Waals surface area contributed by atoms with Crippen molar-refractivity contribution < 1.29 is 9.94 Å². The van der Waals surface area contributed by atoms with Crippen molar-refractivity contribution in [3.8, 4) is 0 Å². The second-order valence-electron chi connectivity index (χ2n) is 2.19. The Morgan fingerprint density at radius 3 is 2.50 bits per heavy atom. The second-order valence-corrected chi connectivity index (χ2v) is 2.19. The maximum absolute atomic E-state index is 8.43. The molecular formula is C7H17NO2. The van der Waals surface area contributed by atoms with Gasteiger partial charge in [0.05, 0.1) is 6.61 Å². The molecular weight excluding hydrogens is 130 g/mol. The largest absolute Gasteiger partial charge is 0.396 e. The maximum Gasteiger partial charge on any atom is 0.0682 e. The van der Waals surface area contributed by atoms with Gasteiger partial charge in [-0.25, -0.2) is 5.48 Å². The van der Waals surface area contributed by atoms with Gasteiger partial charge >= 0.3 is 0 Å². The van der Waals surface area contributed by atoms with Crippen LogP contribution in [-0.4, -0.2) is 25.4 Å². The van der Waals surface area contributed by atoms with Gasteiger partial charge in [0.2, 0.25) is 0 Å². The first-order valence-electron chi connectivity index (χ1n) is 3.81. The SMILES string of the molecule is CNOCCCCCCO. The van der Waals surface area contributed by atoms with Gasteiger partial charge in [0, 0.05) is 13.7 Å². The standard InChI is InChI=1S/C7H17NO2/c1-8-10-7-5-3-2-4-6-9/h8-9H,2-7H2,1H3. The molecule has 0 aliphatic carbocycles. The summed E-state index contributed by atoms with van der Waals surface area (Å²) in [5.41, 5.74) is 2.61. The lowest BCUT2D eigenvalue weighted by atomic mass is 10.2. The van der Waals surface area contributed by atoms with Crippen LogP contribution < -0.4 is 5.48 Å². The molecule has 0 bridgehead atoms. The highest BCUT2D eigenvalue weighted by Gasteiger charge is 1.87. The third-order valence-corrected chi connectivity index (χ3v) is 1.30. The average molecular weight is 147 g/mol. The van der Waals surface area contributed by atoms with Crippen LogP contribution in [0.4, 0.5) is 0 Å². The Morgan fingerprint density at radius 1 is 1.20 bits per heavy atom. The van der Waals surface area contributed by atoms with E-state index in [9.17, 15) is 0 Å². The Kier molecular flexibility index (Phi) is 8.77. The molecule has 0 aliphatic rings. The summed E-state index contributed by atoms with van der Waals surface area (Å²) in [6.07, 6.45) is 4.23. The van der Waals surface area contributed by atoms with Crippen LogP contribution in [0.5, 0.6) is 0 Å². The minimum atomic E-state index is 0.312. The summed E-state index contributed by atoms with van der Waals surface area (Å²) in [7, 11) is 1.76. The molecule has 0 aromatic heterocycles. The minimum absolute atomic E-state index is 0.312. The van der Waals surface area contributed by atoms with Gasteiger partial charge in [0.15, 0.2) is 0 Å². The number of hydrogen-bond donors (Lipinski definition) is 2. The Labute approximate surface area is 62.3 Å². The number of nitrogens with one attached hydrogen (secondary N) is 1. The van der Waals surface area contributed by atoms with Crippen molar-refractivity contribution in [1.82, 2.24) is 5.48 Å². The highest BCUT2D eigenvalue weighted by Crippen LogP contribution is 1.97. The van der Waals surface area contributed by atoms with E-state index in [2.05, 4.69) is 5.48 Å². The molecule has 0 unspecified atom stereocenters. The molecule has 0 fully saturated rings. The van der Waals surface area contributed by atoms with Gasteiger partial charge in [0.1, 0.15) is 0 Å². The molecule has 0 radical (unpaired) electrons. The molecule has 62 valence electrons. The zero-order chi connectivity index (χ0) is 7.66. The monoisotopic (exact) mass is 147 g/mol. The van der Waals surface area contributed by atoms with E-state index in [1.54, 1.807) is 7.05 Å². The number of aliphatic hydroxyl groups excluding tert-OH is 1. The first-order chi connectivity index (χ1) is 4.91. The van der Waals surface area contributed by atoms with E-state index in [-0.39, 0.29) is 0 Å². The molecule has 0 spiro atoms. The van der Waals surface area contributed by atoms with Gasteiger partial charge in [-0.15, -0.1) is 0 Å². The van der Waals surface area contributed by atoms with Crippen LogP contribution in [0, 0.1) is 0 Å². The molecule has 0 atom stereocenters. The molecule has 3 nitrogen and oxygen atoms in total.